The second-order valence-electron chi connectivity index (χ2n) is 10.3. The number of fused-ring (bicyclic) bond motifs is 2. The summed E-state index contributed by atoms with van der Waals surface area (Å²) in [6.07, 6.45) is 3.55. The predicted octanol–water partition coefficient (Wildman–Crippen LogP) is 4.79. The molecule has 0 aromatic heterocycles. The van der Waals surface area contributed by atoms with Crippen molar-refractivity contribution in [1.29, 1.82) is 0 Å². The zero-order valence-electron chi connectivity index (χ0n) is 20.7. The van der Waals surface area contributed by atoms with Crippen molar-refractivity contribution in [3.8, 4) is 5.75 Å². The zero-order valence-corrected chi connectivity index (χ0v) is 20.7. The molecule has 1 aliphatic carbocycles. The van der Waals surface area contributed by atoms with Crippen molar-refractivity contribution in [1.82, 2.24) is 0 Å². The second kappa shape index (κ2) is 9.14. The lowest BCUT2D eigenvalue weighted by molar-refractivity contribution is -0.139. The first-order chi connectivity index (χ1) is 17.9. The summed E-state index contributed by atoms with van der Waals surface area (Å²) in [6, 6.07) is 18.6. The molecule has 6 rings (SSSR count). The Balaban J connectivity index is 1.17. The van der Waals surface area contributed by atoms with Gasteiger partial charge in [-0.05, 0) is 55.0 Å². The molecule has 0 unspecified atom stereocenters. The standard InChI is InChI=1S/C30H28N2O5/c1-18-15-21(13-14-25(18)32-28(34)23-10-4-5-11-24(23)29(32)35)37-30(36)20-16-27(33)31(17-20)26-12-6-8-19-7-2-3-9-22(19)26/h2-3,6-9,12-15,20,23-24H,4-5,10-11,16-17H2,1H3/t20-,23-,24+/m0/s1. The highest BCUT2D eigenvalue weighted by Crippen LogP contribution is 2.41. The lowest BCUT2D eigenvalue weighted by Gasteiger charge is -2.19. The fourth-order valence-electron chi connectivity index (χ4n) is 6.08. The van der Waals surface area contributed by atoms with Crippen LogP contribution in [0.2, 0.25) is 0 Å². The number of carbonyl (C=O) groups is 4. The smallest absolute Gasteiger partial charge is 0.316 e. The van der Waals surface area contributed by atoms with Gasteiger partial charge in [-0.1, -0.05) is 49.2 Å². The zero-order chi connectivity index (χ0) is 25.7. The molecule has 3 aromatic carbocycles. The SMILES string of the molecule is Cc1cc(OC(=O)[C@H]2CC(=O)N(c3cccc4ccccc34)C2)ccc1N1C(=O)[C@H]2CCCC[C@H]2C1=O. The number of aryl methyl sites for hydroxylation is 1. The summed E-state index contributed by atoms with van der Waals surface area (Å²) in [4.78, 5) is 54.8. The van der Waals surface area contributed by atoms with E-state index in [9.17, 15) is 19.2 Å². The van der Waals surface area contributed by atoms with Crippen LogP contribution in [0.1, 0.15) is 37.7 Å². The maximum atomic E-state index is 13.0. The Hall–Kier alpha value is -4.00. The van der Waals surface area contributed by atoms with Crippen LogP contribution in [0, 0.1) is 24.7 Å². The lowest BCUT2D eigenvalue weighted by Crippen LogP contribution is -2.31. The third-order valence-electron chi connectivity index (χ3n) is 7.98. The Morgan fingerprint density at radius 1 is 0.865 bits per heavy atom. The van der Waals surface area contributed by atoms with Gasteiger partial charge in [0.05, 0.1) is 29.1 Å². The number of rotatable bonds is 4. The Morgan fingerprint density at radius 2 is 1.57 bits per heavy atom. The van der Waals surface area contributed by atoms with Gasteiger partial charge in [0.2, 0.25) is 17.7 Å². The van der Waals surface area contributed by atoms with Crippen LogP contribution in [0.4, 0.5) is 11.4 Å². The predicted molar refractivity (Wildman–Crippen MR) is 139 cm³/mol. The minimum atomic E-state index is -0.587. The van der Waals surface area contributed by atoms with Crippen LogP contribution in [0.25, 0.3) is 10.8 Å². The third kappa shape index (κ3) is 3.99. The molecule has 37 heavy (non-hydrogen) atoms. The van der Waals surface area contributed by atoms with Gasteiger partial charge in [-0.3, -0.25) is 19.2 Å². The van der Waals surface area contributed by atoms with Crippen molar-refractivity contribution >= 4 is 45.8 Å². The van der Waals surface area contributed by atoms with Crippen molar-refractivity contribution in [2.75, 3.05) is 16.3 Å². The summed E-state index contributed by atoms with van der Waals surface area (Å²) < 4.78 is 5.66. The molecule has 3 amide bonds. The van der Waals surface area contributed by atoms with E-state index >= 15 is 0 Å². The van der Waals surface area contributed by atoms with Gasteiger partial charge in [-0.2, -0.15) is 0 Å². The summed E-state index contributed by atoms with van der Waals surface area (Å²) in [5.74, 6) is -1.53. The maximum Gasteiger partial charge on any atom is 0.316 e. The van der Waals surface area contributed by atoms with Crippen LogP contribution in [0.15, 0.2) is 60.7 Å². The van der Waals surface area contributed by atoms with Gasteiger partial charge in [0.1, 0.15) is 5.75 Å². The summed E-state index contributed by atoms with van der Waals surface area (Å²) in [7, 11) is 0. The Bertz CT molecular complexity index is 1420. The van der Waals surface area contributed by atoms with Crippen molar-refractivity contribution in [3.63, 3.8) is 0 Å². The number of hydrogen-bond donors (Lipinski definition) is 0. The van der Waals surface area contributed by atoms with Gasteiger partial charge in [-0.25, -0.2) is 4.90 Å². The average molecular weight is 497 g/mol. The number of imide groups is 1. The highest BCUT2D eigenvalue weighted by molar-refractivity contribution is 6.22. The van der Waals surface area contributed by atoms with Gasteiger partial charge in [0.25, 0.3) is 0 Å². The second-order valence-corrected chi connectivity index (χ2v) is 10.3. The van der Waals surface area contributed by atoms with Gasteiger partial charge in [-0.15, -0.1) is 0 Å². The number of benzene rings is 3. The normalized spacial score (nSPS) is 23.6. The topological polar surface area (TPSA) is 84.0 Å². The number of esters is 1. The van der Waals surface area contributed by atoms with Gasteiger partial charge in [0, 0.05) is 18.4 Å². The van der Waals surface area contributed by atoms with Gasteiger partial charge in [0.15, 0.2) is 0 Å². The molecule has 3 atom stereocenters. The van der Waals surface area contributed by atoms with Gasteiger partial charge < -0.3 is 9.64 Å². The van der Waals surface area contributed by atoms with E-state index in [1.165, 1.54) is 4.90 Å². The molecule has 3 aliphatic rings. The fourth-order valence-corrected chi connectivity index (χ4v) is 6.08. The van der Waals surface area contributed by atoms with E-state index in [0.717, 1.165) is 42.1 Å². The number of ether oxygens (including phenoxy) is 1. The highest BCUT2D eigenvalue weighted by Gasteiger charge is 2.49. The summed E-state index contributed by atoms with van der Waals surface area (Å²) in [5, 5.41) is 1.99. The molecular weight excluding hydrogens is 468 g/mol. The van der Waals surface area contributed by atoms with Crippen LogP contribution in [-0.4, -0.2) is 30.2 Å². The molecule has 0 radical (unpaired) electrons. The molecule has 2 heterocycles. The largest absolute Gasteiger partial charge is 0.426 e. The third-order valence-corrected chi connectivity index (χ3v) is 7.98. The van der Waals surface area contributed by atoms with Crippen LogP contribution < -0.4 is 14.5 Å². The van der Waals surface area contributed by atoms with E-state index in [-0.39, 0.29) is 42.5 Å². The number of carbonyl (C=O) groups excluding carboxylic acids is 4. The minimum Gasteiger partial charge on any atom is -0.426 e. The average Bonchev–Trinajstić information content (AvgIpc) is 3.41. The van der Waals surface area contributed by atoms with E-state index in [1.807, 2.05) is 42.5 Å². The first-order valence-electron chi connectivity index (χ1n) is 12.9. The first kappa shape index (κ1) is 23.4. The minimum absolute atomic E-state index is 0.0820. The molecule has 2 saturated heterocycles. The lowest BCUT2D eigenvalue weighted by atomic mass is 9.81. The quantitative estimate of drug-likeness (QED) is 0.295. The van der Waals surface area contributed by atoms with Crippen molar-refractivity contribution in [3.05, 3.63) is 66.2 Å². The van der Waals surface area contributed by atoms with Crippen LogP contribution in [-0.2, 0) is 19.2 Å². The molecule has 188 valence electrons. The summed E-state index contributed by atoms with van der Waals surface area (Å²) in [6.45, 7) is 2.05. The van der Waals surface area contributed by atoms with E-state index < -0.39 is 11.9 Å². The summed E-state index contributed by atoms with van der Waals surface area (Å²) >= 11 is 0. The molecule has 0 spiro atoms. The molecule has 7 heteroatoms. The number of hydrogen-bond acceptors (Lipinski definition) is 5. The monoisotopic (exact) mass is 496 g/mol. The molecule has 7 nitrogen and oxygen atoms in total. The maximum absolute atomic E-state index is 13.0. The van der Waals surface area contributed by atoms with Crippen LogP contribution >= 0.6 is 0 Å². The van der Waals surface area contributed by atoms with E-state index in [1.54, 1.807) is 30.0 Å². The van der Waals surface area contributed by atoms with E-state index in [4.69, 9.17) is 4.74 Å². The fraction of sp³-hybridized carbons (Fsp3) is 0.333. The summed E-state index contributed by atoms with van der Waals surface area (Å²) in [5.41, 5.74) is 2.02. The number of amides is 3. The number of nitrogens with zero attached hydrogens (tertiary/aromatic N) is 2. The van der Waals surface area contributed by atoms with Crippen molar-refractivity contribution in [2.45, 2.75) is 39.0 Å². The van der Waals surface area contributed by atoms with Crippen molar-refractivity contribution in [2.24, 2.45) is 17.8 Å². The molecule has 1 saturated carbocycles. The Labute approximate surface area is 215 Å². The molecule has 0 bridgehead atoms. The molecular formula is C30H28N2O5. The van der Waals surface area contributed by atoms with E-state index in [0.29, 0.717) is 17.0 Å². The number of anilines is 2. The Morgan fingerprint density at radius 3 is 2.30 bits per heavy atom. The molecule has 3 fully saturated rings. The highest BCUT2D eigenvalue weighted by atomic mass is 16.5. The van der Waals surface area contributed by atoms with Crippen LogP contribution in [0.3, 0.4) is 0 Å². The molecule has 2 aliphatic heterocycles. The van der Waals surface area contributed by atoms with E-state index in [2.05, 4.69) is 0 Å². The molecule has 3 aromatic rings. The van der Waals surface area contributed by atoms with Gasteiger partial charge >= 0.3 is 5.97 Å². The van der Waals surface area contributed by atoms with Crippen LogP contribution in [0.5, 0.6) is 5.75 Å². The molecule has 0 N–H and O–H groups in total. The first-order valence-corrected chi connectivity index (χ1v) is 12.9. The van der Waals surface area contributed by atoms with Crippen molar-refractivity contribution < 1.29 is 23.9 Å². The Kier molecular flexibility index (Phi) is 5.78.